The molecule has 1 aliphatic heterocycles. The molecule has 6 nitrogen and oxygen atoms in total. The summed E-state index contributed by atoms with van der Waals surface area (Å²) in [4.78, 5) is 18.3. The Morgan fingerprint density at radius 2 is 2.30 bits per heavy atom. The number of nitrogens with one attached hydrogen (secondary N) is 1. The Bertz CT molecular complexity index is 642. The van der Waals surface area contributed by atoms with E-state index >= 15 is 0 Å². The highest BCUT2D eigenvalue weighted by molar-refractivity contribution is 5.78. The number of para-hydroxylation sites is 1. The van der Waals surface area contributed by atoms with Crippen LogP contribution in [0.1, 0.15) is 12.5 Å². The summed E-state index contributed by atoms with van der Waals surface area (Å²) in [5.74, 6) is 0.958. The third-order valence-electron chi connectivity index (χ3n) is 3.83. The van der Waals surface area contributed by atoms with Gasteiger partial charge in [-0.25, -0.2) is 4.98 Å². The van der Waals surface area contributed by atoms with Crippen LogP contribution in [-0.4, -0.2) is 46.1 Å². The zero-order chi connectivity index (χ0) is 16.1. The largest absolute Gasteiger partial charge is 0.489 e. The predicted molar refractivity (Wildman–Crippen MR) is 87.0 cm³/mol. The lowest BCUT2D eigenvalue weighted by Gasteiger charge is -2.21. The van der Waals surface area contributed by atoms with E-state index in [1.165, 1.54) is 0 Å². The Kier molecular flexibility index (Phi) is 4.92. The van der Waals surface area contributed by atoms with Crippen LogP contribution >= 0.6 is 0 Å². The van der Waals surface area contributed by atoms with Crippen molar-refractivity contribution in [2.75, 3.05) is 19.6 Å². The van der Waals surface area contributed by atoms with Gasteiger partial charge in [0.2, 0.25) is 5.91 Å². The number of carbonyl (C=O) groups is 1. The molecule has 0 spiro atoms. The van der Waals surface area contributed by atoms with Crippen molar-refractivity contribution in [1.29, 1.82) is 0 Å². The molecule has 1 N–H and O–H groups in total. The first kappa shape index (κ1) is 15.6. The molecular weight excluding hydrogens is 292 g/mol. The van der Waals surface area contributed by atoms with Crippen LogP contribution in [0, 0.1) is 0 Å². The summed E-state index contributed by atoms with van der Waals surface area (Å²) in [6.07, 6.45) is 5.43. The molecule has 1 aromatic heterocycles. The minimum Gasteiger partial charge on any atom is -0.489 e. The van der Waals surface area contributed by atoms with Gasteiger partial charge in [0.25, 0.3) is 0 Å². The fraction of sp³-hybridized carbons (Fsp3) is 0.412. The predicted octanol–water partition coefficient (Wildman–Crippen LogP) is 1.28. The smallest absolute Gasteiger partial charge is 0.234 e. The van der Waals surface area contributed by atoms with E-state index in [1.54, 1.807) is 12.5 Å². The van der Waals surface area contributed by atoms with Crippen molar-refractivity contribution in [3.05, 3.63) is 48.5 Å². The lowest BCUT2D eigenvalue weighted by molar-refractivity contribution is -0.122. The van der Waals surface area contributed by atoms with Gasteiger partial charge in [0, 0.05) is 44.1 Å². The lowest BCUT2D eigenvalue weighted by atomic mass is 10.2. The van der Waals surface area contributed by atoms with Crippen LogP contribution in [0.15, 0.2) is 43.0 Å². The Balaban J connectivity index is 1.51. The average Bonchev–Trinajstić information content (AvgIpc) is 2.96. The monoisotopic (exact) mass is 314 g/mol. The molecule has 0 radical (unpaired) electrons. The molecule has 0 saturated carbocycles. The van der Waals surface area contributed by atoms with Crippen molar-refractivity contribution in [3.8, 4) is 5.75 Å². The standard InChI is InChI=1S/C17H22N4O2/c1-14-10-21(11-15-4-2-3-5-16(15)23-14)12-17(22)19-7-9-20-8-6-18-13-20/h2-6,8,13-14H,7,9-12H2,1H3,(H,19,22). The Morgan fingerprint density at radius 1 is 1.43 bits per heavy atom. The molecule has 1 atom stereocenters. The second-order valence-corrected chi connectivity index (χ2v) is 5.86. The normalized spacial score (nSPS) is 17.9. The number of nitrogens with zero attached hydrogens (tertiary/aromatic N) is 3. The molecule has 0 fully saturated rings. The maximum atomic E-state index is 12.2. The van der Waals surface area contributed by atoms with E-state index < -0.39 is 0 Å². The number of aromatic nitrogens is 2. The number of hydrogen-bond donors (Lipinski definition) is 1. The van der Waals surface area contributed by atoms with Crippen LogP contribution in [0.3, 0.4) is 0 Å². The highest BCUT2D eigenvalue weighted by atomic mass is 16.5. The number of benzene rings is 1. The van der Waals surface area contributed by atoms with Gasteiger partial charge in [-0.05, 0) is 13.0 Å². The van der Waals surface area contributed by atoms with Crippen molar-refractivity contribution < 1.29 is 9.53 Å². The zero-order valence-electron chi connectivity index (χ0n) is 13.3. The van der Waals surface area contributed by atoms with Gasteiger partial charge in [-0.2, -0.15) is 0 Å². The molecule has 0 bridgehead atoms. The molecular formula is C17H22N4O2. The van der Waals surface area contributed by atoms with Crippen LogP contribution in [0.2, 0.25) is 0 Å². The summed E-state index contributed by atoms with van der Waals surface area (Å²) in [6.45, 7) is 5.22. The summed E-state index contributed by atoms with van der Waals surface area (Å²) < 4.78 is 7.86. The van der Waals surface area contributed by atoms with Gasteiger partial charge in [0.05, 0.1) is 12.9 Å². The molecule has 1 aromatic carbocycles. The van der Waals surface area contributed by atoms with Crippen LogP contribution in [0.25, 0.3) is 0 Å². The third-order valence-corrected chi connectivity index (χ3v) is 3.83. The van der Waals surface area contributed by atoms with Gasteiger partial charge in [-0.3, -0.25) is 9.69 Å². The Morgan fingerprint density at radius 3 is 3.13 bits per heavy atom. The lowest BCUT2D eigenvalue weighted by Crippen LogP contribution is -2.40. The van der Waals surface area contributed by atoms with Crippen molar-refractivity contribution >= 4 is 5.91 Å². The van der Waals surface area contributed by atoms with Crippen molar-refractivity contribution in [2.45, 2.75) is 26.1 Å². The van der Waals surface area contributed by atoms with Gasteiger partial charge < -0.3 is 14.6 Å². The fourth-order valence-electron chi connectivity index (χ4n) is 2.80. The molecule has 0 saturated heterocycles. The molecule has 1 unspecified atom stereocenters. The number of hydrogen-bond acceptors (Lipinski definition) is 4. The van der Waals surface area contributed by atoms with E-state index in [9.17, 15) is 4.79 Å². The van der Waals surface area contributed by atoms with E-state index in [0.717, 1.165) is 30.9 Å². The van der Waals surface area contributed by atoms with Crippen molar-refractivity contribution in [1.82, 2.24) is 19.8 Å². The first-order valence-corrected chi connectivity index (χ1v) is 7.90. The van der Waals surface area contributed by atoms with Crippen LogP contribution in [-0.2, 0) is 17.9 Å². The van der Waals surface area contributed by atoms with Gasteiger partial charge in [0.1, 0.15) is 11.9 Å². The minimum atomic E-state index is 0.0386. The van der Waals surface area contributed by atoms with E-state index in [-0.39, 0.29) is 12.0 Å². The van der Waals surface area contributed by atoms with E-state index in [1.807, 2.05) is 35.9 Å². The topological polar surface area (TPSA) is 59.4 Å². The number of imidazole rings is 1. The molecule has 122 valence electrons. The van der Waals surface area contributed by atoms with Gasteiger partial charge in [0.15, 0.2) is 0 Å². The van der Waals surface area contributed by atoms with Gasteiger partial charge >= 0.3 is 0 Å². The molecule has 1 amide bonds. The number of carbonyl (C=O) groups excluding carboxylic acids is 1. The number of fused-ring (bicyclic) bond motifs is 1. The van der Waals surface area contributed by atoms with Gasteiger partial charge in [-0.15, -0.1) is 0 Å². The highest BCUT2D eigenvalue weighted by Gasteiger charge is 2.21. The summed E-state index contributed by atoms with van der Waals surface area (Å²) in [5, 5.41) is 2.96. The minimum absolute atomic E-state index is 0.0386. The SMILES string of the molecule is CC1CN(CC(=O)NCCn2ccnc2)Cc2ccccc2O1. The van der Waals surface area contributed by atoms with E-state index in [0.29, 0.717) is 13.1 Å². The molecule has 6 heteroatoms. The molecule has 2 heterocycles. The Hall–Kier alpha value is -2.34. The van der Waals surface area contributed by atoms with E-state index in [2.05, 4.69) is 21.3 Å². The summed E-state index contributed by atoms with van der Waals surface area (Å²) >= 11 is 0. The molecule has 1 aliphatic rings. The van der Waals surface area contributed by atoms with Crippen LogP contribution in [0.4, 0.5) is 0 Å². The maximum Gasteiger partial charge on any atom is 0.234 e. The van der Waals surface area contributed by atoms with E-state index in [4.69, 9.17) is 4.74 Å². The quantitative estimate of drug-likeness (QED) is 0.903. The number of ether oxygens (including phenoxy) is 1. The maximum absolute atomic E-state index is 12.2. The zero-order valence-corrected chi connectivity index (χ0v) is 13.3. The van der Waals surface area contributed by atoms with Gasteiger partial charge in [-0.1, -0.05) is 18.2 Å². The molecule has 23 heavy (non-hydrogen) atoms. The van der Waals surface area contributed by atoms with Crippen LogP contribution in [0.5, 0.6) is 5.75 Å². The van der Waals surface area contributed by atoms with Crippen molar-refractivity contribution in [2.24, 2.45) is 0 Å². The second-order valence-electron chi connectivity index (χ2n) is 5.86. The fourth-order valence-corrected chi connectivity index (χ4v) is 2.80. The third kappa shape index (κ3) is 4.32. The molecule has 0 aliphatic carbocycles. The van der Waals surface area contributed by atoms with Crippen LogP contribution < -0.4 is 10.1 Å². The average molecular weight is 314 g/mol. The summed E-state index contributed by atoms with van der Waals surface area (Å²) in [7, 11) is 0. The Labute approximate surface area is 136 Å². The number of rotatable bonds is 5. The first-order valence-electron chi connectivity index (χ1n) is 7.90. The second kappa shape index (κ2) is 7.28. The first-order chi connectivity index (χ1) is 11.2. The van der Waals surface area contributed by atoms with Crippen molar-refractivity contribution in [3.63, 3.8) is 0 Å². The molecule has 3 rings (SSSR count). The molecule has 2 aromatic rings. The highest BCUT2D eigenvalue weighted by Crippen LogP contribution is 2.24. The summed E-state index contributed by atoms with van der Waals surface area (Å²) in [5.41, 5.74) is 1.13. The number of amides is 1. The summed E-state index contributed by atoms with van der Waals surface area (Å²) in [6, 6.07) is 8.02.